The third kappa shape index (κ3) is 2.93. The number of rotatable bonds is 5. The van der Waals surface area contributed by atoms with E-state index in [1.54, 1.807) is 0 Å². The molecular weight excluding hydrogens is 408 g/mol. The van der Waals surface area contributed by atoms with Crippen LogP contribution < -0.4 is 4.90 Å². The zero-order valence-electron chi connectivity index (χ0n) is 20.0. The highest BCUT2D eigenvalue weighted by molar-refractivity contribution is 5.98. The Balaban J connectivity index is 1.87. The van der Waals surface area contributed by atoms with E-state index >= 15 is 0 Å². The van der Waals surface area contributed by atoms with Crippen LogP contribution in [0.5, 0.6) is 0 Å². The Kier molecular flexibility index (Phi) is 5.04. The molecule has 0 spiro atoms. The lowest BCUT2D eigenvalue weighted by Crippen LogP contribution is -2.31. The summed E-state index contributed by atoms with van der Waals surface area (Å²) in [5.41, 5.74) is 7.11. The number of cyclic esters (lactones) is 1. The summed E-state index contributed by atoms with van der Waals surface area (Å²) in [6, 6.07) is 22.7. The number of para-hydroxylation sites is 1. The predicted molar refractivity (Wildman–Crippen MR) is 134 cm³/mol. The smallest absolute Gasteiger partial charge is 0.340 e. The summed E-state index contributed by atoms with van der Waals surface area (Å²) in [5, 5.41) is 1.11. The SMILES string of the molecule is CCN(CC)c1ccc(C2(c3c(C)n(C)c4ccccc34)OC(=O)c3ccccc32)c(C)c1. The van der Waals surface area contributed by atoms with E-state index in [0.29, 0.717) is 5.56 Å². The summed E-state index contributed by atoms with van der Waals surface area (Å²) in [4.78, 5) is 15.6. The molecule has 4 aromatic rings. The van der Waals surface area contributed by atoms with E-state index in [4.69, 9.17) is 4.74 Å². The first-order valence-corrected chi connectivity index (χ1v) is 11.7. The summed E-state index contributed by atoms with van der Waals surface area (Å²) < 4.78 is 8.66. The predicted octanol–water partition coefficient (Wildman–Crippen LogP) is 6.10. The number of aromatic nitrogens is 1. The molecule has 1 aliphatic rings. The highest BCUT2D eigenvalue weighted by Crippen LogP contribution is 2.51. The third-order valence-electron chi connectivity index (χ3n) is 7.24. The van der Waals surface area contributed by atoms with Gasteiger partial charge in [0.15, 0.2) is 5.60 Å². The Hall–Kier alpha value is -3.53. The monoisotopic (exact) mass is 438 g/mol. The molecule has 4 nitrogen and oxygen atoms in total. The van der Waals surface area contributed by atoms with Crippen molar-refractivity contribution in [1.29, 1.82) is 0 Å². The molecule has 4 heteroatoms. The minimum atomic E-state index is -0.996. The summed E-state index contributed by atoms with van der Waals surface area (Å²) in [6.45, 7) is 10.5. The minimum Gasteiger partial charge on any atom is -0.440 e. The van der Waals surface area contributed by atoms with Crippen LogP contribution in [-0.4, -0.2) is 23.6 Å². The van der Waals surface area contributed by atoms with Crippen molar-refractivity contribution < 1.29 is 9.53 Å². The molecule has 1 aromatic heterocycles. The van der Waals surface area contributed by atoms with Crippen LogP contribution in [0.15, 0.2) is 66.7 Å². The largest absolute Gasteiger partial charge is 0.440 e. The fourth-order valence-electron chi connectivity index (χ4n) is 5.53. The zero-order valence-corrected chi connectivity index (χ0v) is 20.0. The molecule has 33 heavy (non-hydrogen) atoms. The molecule has 0 aliphatic carbocycles. The minimum absolute atomic E-state index is 0.273. The van der Waals surface area contributed by atoms with Gasteiger partial charge in [-0.2, -0.15) is 0 Å². The molecule has 1 atom stereocenters. The molecule has 2 heterocycles. The van der Waals surface area contributed by atoms with E-state index in [1.165, 1.54) is 5.69 Å². The van der Waals surface area contributed by atoms with Crippen LogP contribution >= 0.6 is 0 Å². The number of nitrogens with zero attached hydrogens (tertiary/aromatic N) is 2. The zero-order chi connectivity index (χ0) is 23.3. The standard InChI is InChI=1S/C29H30N2O2/c1-6-31(7-2)21-16-17-24(19(3)18-21)29(25-14-10-8-12-22(25)28(32)33-29)27-20(4)30(5)26-15-11-9-13-23(26)27/h8-18H,6-7H2,1-5H3. The molecule has 3 aromatic carbocycles. The van der Waals surface area contributed by atoms with E-state index in [0.717, 1.165) is 51.9 Å². The number of esters is 1. The molecule has 0 fully saturated rings. The number of hydrogen-bond donors (Lipinski definition) is 0. The second-order valence-corrected chi connectivity index (χ2v) is 8.82. The van der Waals surface area contributed by atoms with Gasteiger partial charge in [0.25, 0.3) is 0 Å². The Morgan fingerprint density at radius 1 is 0.909 bits per heavy atom. The fraction of sp³-hybridized carbons (Fsp3) is 0.276. The van der Waals surface area contributed by atoms with Gasteiger partial charge in [-0.25, -0.2) is 4.79 Å². The lowest BCUT2D eigenvalue weighted by molar-refractivity contribution is 0.0252. The normalized spacial score (nSPS) is 17.3. The Morgan fingerprint density at radius 3 is 2.33 bits per heavy atom. The lowest BCUT2D eigenvalue weighted by atomic mass is 9.77. The molecule has 168 valence electrons. The second kappa shape index (κ2) is 7.80. The maximum Gasteiger partial charge on any atom is 0.340 e. The maximum absolute atomic E-state index is 13.2. The van der Waals surface area contributed by atoms with Crippen LogP contribution in [0, 0.1) is 13.8 Å². The number of aryl methyl sites for hydroxylation is 2. The van der Waals surface area contributed by atoms with Crippen molar-refractivity contribution in [3.05, 3.63) is 100 Å². The van der Waals surface area contributed by atoms with Gasteiger partial charge in [0.2, 0.25) is 0 Å². The van der Waals surface area contributed by atoms with Crippen LogP contribution in [0.3, 0.4) is 0 Å². The maximum atomic E-state index is 13.2. The van der Waals surface area contributed by atoms with E-state index < -0.39 is 5.60 Å². The lowest BCUT2D eigenvalue weighted by Gasteiger charge is -2.33. The molecule has 0 radical (unpaired) electrons. The second-order valence-electron chi connectivity index (χ2n) is 8.82. The van der Waals surface area contributed by atoms with Gasteiger partial charge < -0.3 is 14.2 Å². The number of ether oxygens (including phenoxy) is 1. The molecule has 0 N–H and O–H groups in total. The molecule has 0 bridgehead atoms. The molecule has 1 unspecified atom stereocenters. The van der Waals surface area contributed by atoms with Gasteiger partial charge in [-0.3, -0.25) is 0 Å². The van der Waals surface area contributed by atoms with Gasteiger partial charge >= 0.3 is 5.97 Å². The van der Waals surface area contributed by atoms with Gasteiger partial charge in [0.1, 0.15) is 0 Å². The van der Waals surface area contributed by atoms with Crippen molar-refractivity contribution >= 4 is 22.6 Å². The first kappa shape index (κ1) is 21.3. The Bertz CT molecular complexity index is 1380. The molecule has 0 saturated carbocycles. The average Bonchev–Trinajstić information content (AvgIpc) is 3.26. The topological polar surface area (TPSA) is 34.5 Å². The van der Waals surface area contributed by atoms with Crippen molar-refractivity contribution in [2.45, 2.75) is 33.3 Å². The Labute approximate surface area is 195 Å². The average molecular weight is 439 g/mol. The van der Waals surface area contributed by atoms with E-state index in [2.05, 4.69) is 86.7 Å². The van der Waals surface area contributed by atoms with Crippen LogP contribution in [0.4, 0.5) is 5.69 Å². The molecular formula is C29H30N2O2. The van der Waals surface area contributed by atoms with Crippen molar-refractivity contribution in [2.24, 2.45) is 7.05 Å². The number of benzene rings is 3. The number of anilines is 1. The van der Waals surface area contributed by atoms with E-state index in [1.807, 2.05) is 24.3 Å². The molecule has 5 rings (SSSR count). The van der Waals surface area contributed by atoms with Crippen molar-refractivity contribution in [1.82, 2.24) is 4.57 Å². The van der Waals surface area contributed by atoms with Crippen LogP contribution in [0.1, 0.15) is 52.2 Å². The summed E-state index contributed by atoms with van der Waals surface area (Å²) >= 11 is 0. The van der Waals surface area contributed by atoms with Crippen molar-refractivity contribution in [2.75, 3.05) is 18.0 Å². The van der Waals surface area contributed by atoms with Crippen molar-refractivity contribution in [3.8, 4) is 0 Å². The van der Waals surface area contributed by atoms with Gasteiger partial charge in [-0.15, -0.1) is 0 Å². The summed E-state index contributed by atoms with van der Waals surface area (Å²) in [6.07, 6.45) is 0. The van der Waals surface area contributed by atoms with Gasteiger partial charge in [-0.05, 0) is 57.5 Å². The quantitative estimate of drug-likeness (QED) is 0.353. The fourth-order valence-corrected chi connectivity index (χ4v) is 5.53. The third-order valence-corrected chi connectivity index (χ3v) is 7.24. The van der Waals surface area contributed by atoms with Crippen LogP contribution in [-0.2, 0) is 17.4 Å². The van der Waals surface area contributed by atoms with Gasteiger partial charge in [0, 0.05) is 59.1 Å². The summed E-state index contributed by atoms with van der Waals surface area (Å²) in [5.74, 6) is -0.273. The van der Waals surface area contributed by atoms with Crippen LogP contribution in [0.2, 0.25) is 0 Å². The number of hydrogen-bond acceptors (Lipinski definition) is 3. The van der Waals surface area contributed by atoms with Crippen molar-refractivity contribution in [3.63, 3.8) is 0 Å². The molecule has 0 amide bonds. The number of carbonyl (C=O) groups excluding carboxylic acids is 1. The highest BCUT2D eigenvalue weighted by Gasteiger charge is 2.51. The van der Waals surface area contributed by atoms with Crippen LogP contribution in [0.25, 0.3) is 10.9 Å². The number of carbonyl (C=O) groups is 1. The summed E-state index contributed by atoms with van der Waals surface area (Å²) in [7, 11) is 2.08. The first-order chi connectivity index (χ1) is 15.9. The Morgan fingerprint density at radius 2 is 1.61 bits per heavy atom. The van der Waals surface area contributed by atoms with E-state index in [9.17, 15) is 4.79 Å². The highest BCUT2D eigenvalue weighted by atomic mass is 16.6. The molecule has 0 saturated heterocycles. The van der Waals surface area contributed by atoms with Gasteiger partial charge in [-0.1, -0.05) is 42.5 Å². The van der Waals surface area contributed by atoms with E-state index in [-0.39, 0.29) is 5.97 Å². The molecule has 1 aliphatic heterocycles. The van der Waals surface area contributed by atoms with Gasteiger partial charge in [0.05, 0.1) is 5.56 Å². The first-order valence-electron chi connectivity index (χ1n) is 11.7. The number of fused-ring (bicyclic) bond motifs is 2.